The zero-order valence-corrected chi connectivity index (χ0v) is 5.27. The molecule has 0 saturated heterocycles. The predicted octanol–water partition coefficient (Wildman–Crippen LogP) is -0.432. The standard InChI is InChI=1S/C4H10O2S2/c5-3(1-7)4(6)2-8/h3-8H,1-2H2/i1D2,2D2,3D,4D,5D,6D/hD2. The summed E-state index contributed by atoms with van der Waals surface area (Å²) in [6.45, 7) is 0. The maximum absolute atomic E-state index is 7.59. The van der Waals surface area contributed by atoms with Crippen molar-refractivity contribution in [3.8, 4) is 0 Å². The summed E-state index contributed by atoms with van der Waals surface area (Å²) >= 11 is -0.684. The Kier molecular flexibility index (Phi) is 0.906. The molecule has 0 amide bonds. The summed E-state index contributed by atoms with van der Waals surface area (Å²) in [5.74, 6) is 0. The zero-order chi connectivity index (χ0) is 14.8. The van der Waals surface area contributed by atoms with Gasteiger partial charge in [-0.1, -0.05) is 0 Å². The third-order valence-electron chi connectivity index (χ3n) is 0.392. The molecule has 2 unspecified atom stereocenters. The Bertz CT molecular complexity index is 263. The molecule has 4 heteroatoms. The van der Waals surface area contributed by atoms with E-state index >= 15 is 0 Å². The third kappa shape index (κ3) is 2.81. The molecule has 2 N–H and O–H groups in total. The minimum absolute atomic E-state index is 0.342. The van der Waals surface area contributed by atoms with Gasteiger partial charge in [-0.25, -0.2) is 0 Å². The van der Waals surface area contributed by atoms with Crippen LogP contribution in [0.25, 0.3) is 0 Å². The molecule has 50 valence electrons. The second kappa shape index (κ2) is 4.49. The van der Waals surface area contributed by atoms with Crippen molar-refractivity contribution < 1.29 is 18.4 Å². The molecule has 0 aliphatic rings. The molecule has 0 aromatic heterocycles. The Balaban J connectivity index is 5.89. The van der Waals surface area contributed by atoms with E-state index in [0.717, 1.165) is 0 Å². The fourth-order valence-electron chi connectivity index (χ4n) is 0.0927. The van der Waals surface area contributed by atoms with E-state index in [4.69, 9.17) is 13.3 Å². The number of aliphatic hydroxyl groups is 2. The van der Waals surface area contributed by atoms with E-state index in [2.05, 4.69) is 10.2 Å². The van der Waals surface area contributed by atoms with Gasteiger partial charge < -0.3 is 10.2 Å². The predicted molar refractivity (Wildman–Crippen MR) is 39.7 cm³/mol. The van der Waals surface area contributed by atoms with Crippen molar-refractivity contribution in [2.75, 3.05) is 11.4 Å². The van der Waals surface area contributed by atoms with Crippen molar-refractivity contribution in [1.29, 1.82) is 5.11 Å². The molecule has 0 aromatic carbocycles. The lowest BCUT2D eigenvalue weighted by molar-refractivity contribution is 0.0504. The van der Waals surface area contributed by atoms with Crippen LogP contribution in [0.2, 0.25) is 0 Å². The summed E-state index contributed by atoms with van der Waals surface area (Å²) in [5.41, 5.74) is -6.08. The average Bonchev–Trinajstić information content (AvgIpc) is 2.35. The smallest absolute Gasteiger partial charge is 0.211 e. The van der Waals surface area contributed by atoms with Crippen LogP contribution in [0.15, 0.2) is 0 Å². The molecule has 0 aromatic rings. The first-order valence-corrected chi connectivity index (χ1v) is 2.38. The van der Waals surface area contributed by atoms with Gasteiger partial charge in [0.25, 0.3) is 0 Å². The Labute approximate surface area is 73.3 Å². The van der Waals surface area contributed by atoms with Crippen LogP contribution in [0, 0.1) is 0 Å². The molecule has 0 radical (unpaired) electrons. The van der Waals surface area contributed by atoms with Crippen molar-refractivity contribution in [3.63, 3.8) is 0 Å². The van der Waals surface area contributed by atoms with Gasteiger partial charge in [0.2, 0.25) is 2.86 Å². The van der Waals surface area contributed by atoms with Crippen LogP contribution in [0.3, 0.4) is 0 Å². The highest BCUT2D eigenvalue weighted by Crippen LogP contribution is 1.96. The van der Waals surface area contributed by atoms with Crippen LogP contribution in [-0.4, -0.2) is 38.9 Å². The Morgan fingerprint density at radius 3 is 2.38 bits per heavy atom. The Morgan fingerprint density at radius 1 is 1.62 bits per heavy atom. The molecule has 0 aliphatic carbocycles. The number of hydrogen-bond donors (Lipinski definition) is 4. The number of thiol groups is 2. The molecule has 0 fully saturated rings. The van der Waals surface area contributed by atoms with E-state index in [1.807, 2.05) is 0 Å². The zero-order valence-electron chi connectivity index (χ0n) is 13.6. The second-order valence-electron chi connectivity index (χ2n) is 0.862. The highest BCUT2D eigenvalue weighted by molar-refractivity contribution is 7.80. The molecule has 2 atom stereocenters. The quantitative estimate of drug-likeness (QED) is 0.386. The minimum atomic E-state index is -3.36. The maximum Gasteiger partial charge on any atom is 0.211 e. The lowest BCUT2D eigenvalue weighted by Crippen LogP contribution is -2.28. The second-order valence-corrected chi connectivity index (χ2v) is 1.27. The molecule has 0 rings (SSSR count). The van der Waals surface area contributed by atoms with Gasteiger partial charge in [-0.3, -0.25) is 0 Å². The van der Waals surface area contributed by atoms with Crippen LogP contribution in [0.4, 0.5) is 0 Å². The normalized spacial score (nSPS) is 47.0. The first kappa shape index (κ1) is 1.61. The summed E-state index contributed by atoms with van der Waals surface area (Å²) in [6.07, 6.45) is -6.71. The summed E-state index contributed by atoms with van der Waals surface area (Å²) in [7, 11) is 0. The largest absolute Gasteiger partial charge is 0.390 e. The first-order valence-electron chi connectivity index (χ1n) is 6.20. The van der Waals surface area contributed by atoms with Crippen molar-refractivity contribution in [2.24, 2.45) is 0 Å². The molecule has 8 heavy (non-hydrogen) atoms. The van der Waals surface area contributed by atoms with E-state index < -0.39 is 23.6 Å². The summed E-state index contributed by atoms with van der Waals surface area (Å²) in [5, 5.41) is 7.54. The maximum atomic E-state index is 7.59. The van der Waals surface area contributed by atoms with Crippen LogP contribution >= 0.6 is 25.1 Å². The van der Waals surface area contributed by atoms with Crippen molar-refractivity contribution in [3.05, 3.63) is 0 Å². The topological polar surface area (TPSA) is 40.5 Å². The summed E-state index contributed by atoms with van der Waals surface area (Å²) < 4.78 is 71.6. The van der Waals surface area contributed by atoms with Gasteiger partial charge in [0.15, 0.2) is 0 Å². The van der Waals surface area contributed by atoms with Gasteiger partial charge >= 0.3 is 0 Å². The van der Waals surface area contributed by atoms with Gasteiger partial charge in [0.1, 0.15) is 2.25 Å². The Morgan fingerprint density at radius 2 is 2.12 bits per heavy atom. The van der Waals surface area contributed by atoms with E-state index in [0.29, 0.717) is 0 Å². The van der Waals surface area contributed by atoms with Crippen LogP contribution in [0.1, 0.15) is 8.22 Å². The van der Waals surface area contributed by atoms with Crippen molar-refractivity contribution >= 4 is 25.1 Å². The van der Waals surface area contributed by atoms with Gasteiger partial charge in [-0.2, -0.15) is 25.1 Å². The fourth-order valence-corrected chi connectivity index (χ4v) is 0.278. The fraction of sp³-hybridized carbons (Fsp3) is 1.00. The monoisotopic (exact) mass is 164 g/mol. The SMILES string of the molecule is [2H]OC([2H])(C([2H])([2H])S[2H])C([2H])(O[2H])C([2H])([2H])S[2H]. The first-order chi connectivity index (χ1) is 7.99. The number of hydrogen-bond acceptors (Lipinski definition) is 4. The van der Waals surface area contributed by atoms with E-state index in [1.54, 1.807) is 0 Å². The van der Waals surface area contributed by atoms with E-state index in [-0.39, 0.29) is 25.1 Å². The van der Waals surface area contributed by atoms with Crippen molar-refractivity contribution in [1.82, 2.24) is 0 Å². The van der Waals surface area contributed by atoms with Gasteiger partial charge in [0, 0.05) is 16.9 Å². The van der Waals surface area contributed by atoms with Crippen LogP contribution in [-0.2, 0) is 0 Å². The molecule has 0 spiro atoms. The molecule has 2 nitrogen and oxygen atoms in total. The highest BCUT2D eigenvalue weighted by Gasteiger charge is 2.10. The lowest BCUT2D eigenvalue weighted by atomic mass is 10.3. The van der Waals surface area contributed by atoms with Crippen LogP contribution < -0.4 is 0 Å². The molecule has 0 heterocycles. The average molecular weight is 164 g/mol. The van der Waals surface area contributed by atoms with E-state index in [9.17, 15) is 0 Å². The van der Waals surface area contributed by atoms with Crippen LogP contribution in [0.5, 0.6) is 0 Å². The molecule has 0 saturated carbocycles. The molecule has 0 bridgehead atoms. The van der Waals surface area contributed by atoms with E-state index in [1.165, 1.54) is 0 Å². The highest BCUT2D eigenvalue weighted by atomic mass is 32.1. The lowest BCUT2D eigenvalue weighted by Gasteiger charge is -2.11. The molecular weight excluding hydrogens is 144 g/mol. The molecular formula is C4H10O2S2. The van der Waals surface area contributed by atoms with Gasteiger partial charge in [-0.15, -0.1) is 0 Å². The minimum Gasteiger partial charge on any atom is -0.390 e. The number of rotatable bonds is 7. The van der Waals surface area contributed by atoms with Gasteiger partial charge in [-0.05, 0) is 0 Å². The molecule has 0 aliphatic heterocycles. The van der Waals surface area contributed by atoms with Gasteiger partial charge in [0.05, 0.1) is 14.9 Å². The van der Waals surface area contributed by atoms with Crippen molar-refractivity contribution in [2.45, 2.75) is 12.2 Å². The third-order valence-corrected chi connectivity index (χ3v) is 0.762. The summed E-state index contributed by atoms with van der Waals surface area (Å²) in [6, 6.07) is 0. The summed E-state index contributed by atoms with van der Waals surface area (Å²) in [4.78, 5) is 0. The Hall–Kier alpha value is 0.620.